The first-order valence-corrected chi connectivity index (χ1v) is 8.13. The second-order valence-corrected chi connectivity index (χ2v) is 6.04. The Morgan fingerprint density at radius 1 is 1.12 bits per heavy atom. The first-order chi connectivity index (χ1) is 12.5. The van der Waals surface area contributed by atoms with E-state index in [0.29, 0.717) is 0 Å². The highest BCUT2D eigenvalue weighted by Crippen LogP contribution is 2.20. The number of para-hydroxylation sites is 1. The number of nitrogens with one attached hydrogen (secondary N) is 1. The van der Waals surface area contributed by atoms with Crippen LogP contribution in [0.2, 0.25) is 0 Å². The number of rotatable bonds is 4. The molecule has 0 saturated heterocycles. The Morgan fingerprint density at radius 3 is 2.46 bits per heavy atom. The van der Waals surface area contributed by atoms with Gasteiger partial charge in [-0.3, -0.25) is 14.2 Å². The molecule has 26 heavy (non-hydrogen) atoms. The predicted molar refractivity (Wildman–Crippen MR) is 98.4 cm³/mol. The van der Waals surface area contributed by atoms with Gasteiger partial charge in [0.15, 0.2) is 0 Å². The second kappa shape index (κ2) is 7.31. The minimum Gasteiger partial charge on any atom is -0.324 e. The van der Waals surface area contributed by atoms with Crippen molar-refractivity contribution < 1.29 is 9.18 Å². The van der Waals surface area contributed by atoms with E-state index < -0.39 is 11.4 Å². The smallest absolute Gasteiger partial charge is 0.254 e. The zero-order chi connectivity index (χ0) is 18.7. The number of anilines is 1. The maximum atomic E-state index is 13.8. The van der Waals surface area contributed by atoms with Gasteiger partial charge < -0.3 is 5.32 Å². The summed E-state index contributed by atoms with van der Waals surface area (Å²) in [5.74, 6) is -0.783. The predicted octanol–water partition coefficient (Wildman–Crippen LogP) is 3.30. The standard InChI is InChI=1S/C20H18FN3O2/c1-13-6-5-7-14(2)20(13)23-18(25)11-24-12-22-17(10-19(24)26)15-8-3-4-9-16(15)21/h3-10,12H,11H2,1-2H3,(H,23,25). The Balaban J connectivity index is 1.80. The van der Waals surface area contributed by atoms with Gasteiger partial charge in [0.2, 0.25) is 5.91 Å². The van der Waals surface area contributed by atoms with Crippen LogP contribution in [0.3, 0.4) is 0 Å². The molecule has 5 nitrogen and oxygen atoms in total. The van der Waals surface area contributed by atoms with Crippen LogP contribution in [0.1, 0.15) is 11.1 Å². The molecular formula is C20H18FN3O2. The molecular weight excluding hydrogens is 333 g/mol. The first-order valence-electron chi connectivity index (χ1n) is 8.13. The van der Waals surface area contributed by atoms with Crippen molar-refractivity contribution in [2.45, 2.75) is 20.4 Å². The summed E-state index contributed by atoms with van der Waals surface area (Å²) in [4.78, 5) is 28.7. The highest BCUT2D eigenvalue weighted by Gasteiger charge is 2.11. The largest absolute Gasteiger partial charge is 0.324 e. The van der Waals surface area contributed by atoms with Crippen LogP contribution in [-0.4, -0.2) is 15.5 Å². The lowest BCUT2D eigenvalue weighted by atomic mass is 10.1. The maximum Gasteiger partial charge on any atom is 0.254 e. The molecule has 0 aliphatic rings. The van der Waals surface area contributed by atoms with Crippen molar-refractivity contribution in [3.63, 3.8) is 0 Å². The number of hydrogen-bond acceptors (Lipinski definition) is 3. The van der Waals surface area contributed by atoms with Gasteiger partial charge in [0, 0.05) is 17.3 Å². The number of amides is 1. The number of aromatic nitrogens is 2. The van der Waals surface area contributed by atoms with Crippen molar-refractivity contribution in [2.24, 2.45) is 0 Å². The Kier molecular flexibility index (Phi) is 4.93. The highest BCUT2D eigenvalue weighted by atomic mass is 19.1. The zero-order valence-electron chi connectivity index (χ0n) is 14.5. The van der Waals surface area contributed by atoms with Crippen molar-refractivity contribution in [1.29, 1.82) is 0 Å². The number of halogens is 1. The third-order valence-electron chi connectivity index (χ3n) is 4.09. The van der Waals surface area contributed by atoms with E-state index in [1.54, 1.807) is 18.2 Å². The molecule has 0 aliphatic heterocycles. The van der Waals surface area contributed by atoms with Gasteiger partial charge in [-0.2, -0.15) is 0 Å². The Bertz CT molecular complexity index is 1010. The van der Waals surface area contributed by atoms with Crippen molar-refractivity contribution in [1.82, 2.24) is 9.55 Å². The molecule has 0 saturated carbocycles. The molecule has 0 fully saturated rings. The summed E-state index contributed by atoms with van der Waals surface area (Å²) in [6.07, 6.45) is 1.26. The van der Waals surface area contributed by atoms with E-state index in [1.165, 1.54) is 23.0 Å². The van der Waals surface area contributed by atoms with E-state index in [9.17, 15) is 14.0 Å². The van der Waals surface area contributed by atoms with Crippen LogP contribution in [-0.2, 0) is 11.3 Å². The number of benzene rings is 2. The van der Waals surface area contributed by atoms with Crippen LogP contribution in [0.25, 0.3) is 11.3 Å². The van der Waals surface area contributed by atoms with Crippen LogP contribution in [0.5, 0.6) is 0 Å². The zero-order valence-corrected chi connectivity index (χ0v) is 14.5. The molecule has 3 aromatic rings. The molecule has 6 heteroatoms. The number of aryl methyl sites for hydroxylation is 2. The van der Waals surface area contributed by atoms with E-state index in [-0.39, 0.29) is 23.7 Å². The van der Waals surface area contributed by atoms with Gasteiger partial charge in [0.05, 0.1) is 12.0 Å². The van der Waals surface area contributed by atoms with Crippen molar-refractivity contribution in [3.8, 4) is 11.3 Å². The quantitative estimate of drug-likeness (QED) is 0.784. The lowest BCUT2D eigenvalue weighted by molar-refractivity contribution is -0.116. The van der Waals surface area contributed by atoms with E-state index in [0.717, 1.165) is 16.8 Å². The maximum absolute atomic E-state index is 13.8. The second-order valence-electron chi connectivity index (χ2n) is 6.04. The normalized spacial score (nSPS) is 10.6. The fourth-order valence-corrected chi connectivity index (χ4v) is 2.71. The Labute approximate surface area is 150 Å². The SMILES string of the molecule is Cc1cccc(C)c1NC(=O)Cn1cnc(-c2ccccc2F)cc1=O. The van der Waals surface area contributed by atoms with E-state index in [4.69, 9.17) is 0 Å². The molecule has 0 spiro atoms. The fraction of sp³-hybridized carbons (Fsp3) is 0.150. The van der Waals surface area contributed by atoms with Crippen LogP contribution < -0.4 is 10.9 Å². The van der Waals surface area contributed by atoms with Crippen molar-refractivity contribution in [3.05, 3.63) is 82.2 Å². The third kappa shape index (κ3) is 3.69. The summed E-state index contributed by atoms with van der Waals surface area (Å²) in [5.41, 5.74) is 2.69. The van der Waals surface area contributed by atoms with Crippen LogP contribution in [0.15, 0.2) is 59.7 Å². The van der Waals surface area contributed by atoms with Gasteiger partial charge in [0.1, 0.15) is 12.4 Å². The van der Waals surface area contributed by atoms with Gasteiger partial charge in [-0.1, -0.05) is 30.3 Å². The first kappa shape index (κ1) is 17.5. The number of nitrogens with zero attached hydrogens (tertiary/aromatic N) is 2. The molecule has 0 radical (unpaired) electrons. The fourth-order valence-electron chi connectivity index (χ4n) is 2.71. The number of hydrogen-bond donors (Lipinski definition) is 1. The van der Waals surface area contributed by atoms with Crippen LogP contribution in [0.4, 0.5) is 10.1 Å². The molecule has 1 amide bonds. The van der Waals surface area contributed by atoms with Gasteiger partial charge in [-0.25, -0.2) is 9.37 Å². The molecule has 1 N–H and O–H groups in total. The number of carbonyl (C=O) groups excluding carboxylic acids is 1. The van der Waals surface area contributed by atoms with Crippen molar-refractivity contribution in [2.75, 3.05) is 5.32 Å². The van der Waals surface area contributed by atoms with E-state index in [1.807, 2.05) is 32.0 Å². The monoisotopic (exact) mass is 351 g/mol. The molecule has 0 aliphatic carbocycles. The lowest BCUT2D eigenvalue weighted by Gasteiger charge is -2.12. The van der Waals surface area contributed by atoms with Crippen molar-refractivity contribution >= 4 is 11.6 Å². The van der Waals surface area contributed by atoms with E-state index in [2.05, 4.69) is 10.3 Å². The molecule has 132 valence electrons. The molecule has 3 rings (SSSR count). The Hall–Kier alpha value is -3.28. The third-order valence-corrected chi connectivity index (χ3v) is 4.09. The van der Waals surface area contributed by atoms with Gasteiger partial charge >= 0.3 is 0 Å². The van der Waals surface area contributed by atoms with Crippen LogP contribution >= 0.6 is 0 Å². The molecule has 0 unspecified atom stereocenters. The lowest BCUT2D eigenvalue weighted by Crippen LogP contribution is -2.28. The summed E-state index contributed by atoms with van der Waals surface area (Å²) < 4.78 is 15.0. The summed E-state index contributed by atoms with van der Waals surface area (Å²) in [5, 5.41) is 2.82. The summed E-state index contributed by atoms with van der Waals surface area (Å²) in [6.45, 7) is 3.64. The molecule has 0 bridgehead atoms. The highest BCUT2D eigenvalue weighted by molar-refractivity contribution is 5.92. The van der Waals surface area contributed by atoms with Gasteiger partial charge in [-0.05, 0) is 37.1 Å². The van der Waals surface area contributed by atoms with Gasteiger partial charge in [0.25, 0.3) is 5.56 Å². The Morgan fingerprint density at radius 2 is 1.81 bits per heavy atom. The average molecular weight is 351 g/mol. The summed E-state index contributed by atoms with van der Waals surface area (Å²) in [6, 6.07) is 13.0. The topological polar surface area (TPSA) is 64.0 Å². The minimum atomic E-state index is -0.454. The molecule has 2 aromatic carbocycles. The molecule has 0 atom stereocenters. The average Bonchev–Trinajstić information content (AvgIpc) is 2.60. The number of carbonyl (C=O) groups is 1. The van der Waals surface area contributed by atoms with Crippen LogP contribution in [0, 0.1) is 19.7 Å². The minimum absolute atomic E-state index is 0.169. The molecule has 1 heterocycles. The van der Waals surface area contributed by atoms with Gasteiger partial charge in [-0.15, -0.1) is 0 Å². The summed E-state index contributed by atoms with van der Waals surface area (Å²) >= 11 is 0. The summed E-state index contributed by atoms with van der Waals surface area (Å²) in [7, 11) is 0. The van der Waals surface area contributed by atoms with E-state index >= 15 is 0 Å². The molecule has 1 aromatic heterocycles.